The quantitative estimate of drug-likeness (QED) is 0.591. The van der Waals surface area contributed by atoms with Gasteiger partial charge >= 0.3 is 0 Å². The maximum Gasteiger partial charge on any atom is 0.220 e. The standard InChI is InChI=1S/C14H21BrN4O/c1-9(2)14-18-11(15)8-12(19-14)16-7-3-4-13(20)17-10-5-6-10/h8-10H,3-7H2,1-2H3,(H,17,20)(H,16,18,19). The number of carbonyl (C=O) groups excluding carboxylic acids is 1. The number of anilines is 1. The molecule has 1 aromatic rings. The SMILES string of the molecule is CC(C)c1nc(Br)cc(NCCCC(=O)NC2CC2)n1. The van der Waals surface area contributed by atoms with E-state index in [0.29, 0.717) is 12.5 Å². The molecule has 1 aliphatic carbocycles. The van der Waals surface area contributed by atoms with Gasteiger partial charge in [0, 0.05) is 31.0 Å². The lowest BCUT2D eigenvalue weighted by atomic mass is 10.2. The largest absolute Gasteiger partial charge is 0.370 e. The van der Waals surface area contributed by atoms with Crippen molar-refractivity contribution in [2.75, 3.05) is 11.9 Å². The first kappa shape index (κ1) is 15.2. The highest BCUT2D eigenvalue weighted by Crippen LogP contribution is 2.19. The number of rotatable bonds is 7. The van der Waals surface area contributed by atoms with Crippen LogP contribution in [0, 0.1) is 0 Å². The lowest BCUT2D eigenvalue weighted by Crippen LogP contribution is -2.25. The van der Waals surface area contributed by atoms with Gasteiger partial charge in [-0.2, -0.15) is 0 Å². The summed E-state index contributed by atoms with van der Waals surface area (Å²) in [5, 5.41) is 6.23. The molecule has 5 nitrogen and oxygen atoms in total. The minimum absolute atomic E-state index is 0.154. The van der Waals surface area contributed by atoms with E-state index in [1.807, 2.05) is 6.07 Å². The monoisotopic (exact) mass is 340 g/mol. The molecule has 1 saturated carbocycles. The highest BCUT2D eigenvalue weighted by Gasteiger charge is 2.22. The second-order valence-corrected chi connectivity index (χ2v) is 6.27. The smallest absolute Gasteiger partial charge is 0.220 e. The van der Waals surface area contributed by atoms with Gasteiger partial charge < -0.3 is 10.6 Å². The van der Waals surface area contributed by atoms with Crippen molar-refractivity contribution in [3.8, 4) is 0 Å². The summed E-state index contributed by atoms with van der Waals surface area (Å²) >= 11 is 3.39. The molecule has 20 heavy (non-hydrogen) atoms. The fraction of sp³-hybridized carbons (Fsp3) is 0.643. The Hall–Kier alpha value is -1.17. The van der Waals surface area contributed by atoms with Crippen LogP contribution >= 0.6 is 15.9 Å². The topological polar surface area (TPSA) is 66.9 Å². The molecule has 0 atom stereocenters. The molecular formula is C14H21BrN4O. The maximum absolute atomic E-state index is 11.5. The molecule has 2 rings (SSSR count). The Bertz CT molecular complexity index is 474. The third-order valence-corrected chi connectivity index (χ3v) is 3.46. The predicted octanol–water partition coefficient (Wildman–Crippen LogP) is 2.83. The van der Waals surface area contributed by atoms with Crippen LogP contribution in [0.15, 0.2) is 10.7 Å². The van der Waals surface area contributed by atoms with E-state index in [2.05, 4.69) is 50.4 Å². The molecule has 110 valence electrons. The Labute approximate surface area is 128 Å². The molecule has 1 aliphatic rings. The van der Waals surface area contributed by atoms with Gasteiger partial charge in [-0.05, 0) is 35.2 Å². The van der Waals surface area contributed by atoms with E-state index in [4.69, 9.17) is 0 Å². The van der Waals surface area contributed by atoms with E-state index in [1.165, 1.54) is 0 Å². The van der Waals surface area contributed by atoms with Crippen molar-refractivity contribution in [3.63, 3.8) is 0 Å². The molecule has 2 N–H and O–H groups in total. The normalized spacial score (nSPS) is 14.4. The number of aromatic nitrogens is 2. The minimum atomic E-state index is 0.154. The lowest BCUT2D eigenvalue weighted by molar-refractivity contribution is -0.121. The number of hydrogen-bond acceptors (Lipinski definition) is 4. The second-order valence-electron chi connectivity index (χ2n) is 5.46. The Balaban J connectivity index is 1.74. The molecule has 0 bridgehead atoms. The van der Waals surface area contributed by atoms with Crippen molar-refractivity contribution < 1.29 is 4.79 Å². The maximum atomic E-state index is 11.5. The van der Waals surface area contributed by atoms with Gasteiger partial charge in [-0.1, -0.05) is 13.8 Å². The van der Waals surface area contributed by atoms with Crippen LogP contribution in [0.5, 0.6) is 0 Å². The van der Waals surface area contributed by atoms with E-state index in [1.54, 1.807) is 0 Å². The summed E-state index contributed by atoms with van der Waals surface area (Å²) in [7, 11) is 0. The zero-order valence-electron chi connectivity index (χ0n) is 11.9. The molecule has 0 radical (unpaired) electrons. The molecule has 0 saturated heterocycles. The van der Waals surface area contributed by atoms with Crippen LogP contribution in [-0.2, 0) is 4.79 Å². The third kappa shape index (κ3) is 5.07. The first-order valence-corrected chi connectivity index (χ1v) is 7.91. The number of carbonyl (C=O) groups is 1. The highest BCUT2D eigenvalue weighted by molar-refractivity contribution is 9.10. The van der Waals surface area contributed by atoms with Crippen molar-refractivity contribution in [2.24, 2.45) is 0 Å². The number of amides is 1. The van der Waals surface area contributed by atoms with Crippen molar-refractivity contribution in [2.45, 2.75) is 51.5 Å². The molecule has 1 aromatic heterocycles. The third-order valence-electron chi connectivity index (χ3n) is 3.06. The number of halogens is 1. The van der Waals surface area contributed by atoms with Crippen molar-refractivity contribution in [1.29, 1.82) is 0 Å². The average molecular weight is 341 g/mol. The molecule has 0 aliphatic heterocycles. The van der Waals surface area contributed by atoms with Gasteiger partial charge in [0.05, 0.1) is 0 Å². The Kier molecular flexibility index (Phi) is 5.34. The molecule has 0 spiro atoms. The molecular weight excluding hydrogens is 320 g/mol. The van der Waals surface area contributed by atoms with E-state index < -0.39 is 0 Å². The Morgan fingerprint density at radius 2 is 2.20 bits per heavy atom. The summed E-state index contributed by atoms with van der Waals surface area (Å²) in [6, 6.07) is 2.30. The van der Waals surface area contributed by atoms with Gasteiger partial charge in [-0.3, -0.25) is 4.79 Å². The molecule has 1 amide bonds. The van der Waals surface area contributed by atoms with Crippen LogP contribution in [-0.4, -0.2) is 28.5 Å². The molecule has 6 heteroatoms. The van der Waals surface area contributed by atoms with Gasteiger partial charge in [-0.15, -0.1) is 0 Å². The van der Waals surface area contributed by atoms with Crippen molar-refractivity contribution >= 4 is 27.7 Å². The van der Waals surface area contributed by atoms with E-state index in [0.717, 1.165) is 42.1 Å². The molecule has 1 heterocycles. The van der Waals surface area contributed by atoms with Gasteiger partial charge in [0.2, 0.25) is 5.91 Å². The van der Waals surface area contributed by atoms with Crippen molar-refractivity contribution in [1.82, 2.24) is 15.3 Å². The summed E-state index contributed by atoms with van der Waals surface area (Å²) in [5.74, 6) is 2.06. The van der Waals surface area contributed by atoms with Gasteiger partial charge in [0.25, 0.3) is 0 Å². The van der Waals surface area contributed by atoms with Gasteiger partial charge in [0.15, 0.2) is 0 Å². The summed E-state index contributed by atoms with van der Waals surface area (Å²) in [6.07, 6.45) is 3.64. The van der Waals surface area contributed by atoms with Crippen molar-refractivity contribution in [3.05, 3.63) is 16.5 Å². The van der Waals surface area contributed by atoms with Gasteiger partial charge in [0.1, 0.15) is 16.2 Å². The van der Waals surface area contributed by atoms with Crippen LogP contribution in [0.2, 0.25) is 0 Å². The van der Waals surface area contributed by atoms with E-state index in [9.17, 15) is 4.79 Å². The Morgan fingerprint density at radius 3 is 2.85 bits per heavy atom. The highest BCUT2D eigenvalue weighted by atomic mass is 79.9. The number of hydrogen-bond donors (Lipinski definition) is 2. The first-order valence-electron chi connectivity index (χ1n) is 7.12. The number of nitrogens with one attached hydrogen (secondary N) is 2. The predicted molar refractivity (Wildman–Crippen MR) is 82.7 cm³/mol. The summed E-state index contributed by atoms with van der Waals surface area (Å²) in [4.78, 5) is 20.3. The lowest BCUT2D eigenvalue weighted by Gasteiger charge is -2.09. The van der Waals surface area contributed by atoms with Crippen LogP contribution in [0.3, 0.4) is 0 Å². The first-order chi connectivity index (χ1) is 9.54. The summed E-state index contributed by atoms with van der Waals surface area (Å²) in [5.41, 5.74) is 0. The fourth-order valence-electron chi connectivity index (χ4n) is 1.78. The Morgan fingerprint density at radius 1 is 1.45 bits per heavy atom. The van der Waals surface area contributed by atoms with Crippen LogP contribution < -0.4 is 10.6 Å². The zero-order valence-corrected chi connectivity index (χ0v) is 13.5. The van der Waals surface area contributed by atoms with E-state index >= 15 is 0 Å². The minimum Gasteiger partial charge on any atom is -0.370 e. The molecule has 0 unspecified atom stereocenters. The van der Waals surface area contributed by atoms with Crippen LogP contribution in [0.25, 0.3) is 0 Å². The van der Waals surface area contributed by atoms with E-state index in [-0.39, 0.29) is 11.8 Å². The second kappa shape index (κ2) is 7.02. The summed E-state index contributed by atoms with van der Waals surface area (Å²) < 4.78 is 0.783. The van der Waals surface area contributed by atoms with Crippen LogP contribution in [0.1, 0.15) is 51.3 Å². The summed E-state index contributed by atoms with van der Waals surface area (Å²) in [6.45, 7) is 4.86. The molecule has 0 aromatic carbocycles. The average Bonchev–Trinajstić information content (AvgIpc) is 3.18. The van der Waals surface area contributed by atoms with Gasteiger partial charge in [-0.25, -0.2) is 9.97 Å². The fourth-order valence-corrected chi connectivity index (χ4v) is 2.18. The number of nitrogens with zero attached hydrogens (tertiary/aromatic N) is 2. The zero-order chi connectivity index (χ0) is 14.5. The van der Waals surface area contributed by atoms with Crippen LogP contribution in [0.4, 0.5) is 5.82 Å². The molecule has 1 fully saturated rings.